The summed E-state index contributed by atoms with van der Waals surface area (Å²) in [6, 6.07) is 7.60. The molecule has 0 bridgehead atoms. The lowest BCUT2D eigenvalue weighted by Gasteiger charge is -2.30. The van der Waals surface area contributed by atoms with E-state index >= 15 is 0 Å². The molecule has 0 spiro atoms. The lowest BCUT2D eigenvalue weighted by atomic mass is 10.1. The van der Waals surface area contributed by atoms with Crippen molar-refractivity contribution in [2.24, 2.45) is 4.99 Å². The highest BCUT2D eigenvalue weighted by molar-refractivity contribution is 6.09. The second kappa shape index (κ2) is 2.57. The molecule has 3 rings (SSSR count). The van der Waals surface area contributed by atoms with Crippen LogP contribution in [0.1, 0.15) is 0 Å². The summed E-state index contributed by atoms with van der Waals surface area (Å²) in [6.45, 7) is 0.556. The topological polar surface area (TPSA) is 44.7 Å². The molecule has 0 aromatic heterocycles. The monoisotopic (exact) mass is 187 g/mol. The van der Waals surface area contributed by atoms with E-state index in [0.29, 0.717) is 6.54 Å². The Kier molecular flexibility index (Phi) is 1.39. The molecule has 4 nitrogen and oxygen atoms in total. The summed E-state index contributed by atoms with van der Waals surface area (Å²) in [6.07, 6.45) is 1.74. The fraction of sp³-hybridized carbons (Fsp3) is 0.200. The van der Waals surface area contributed by atoms with Crippen molar-refractivity contribution in [3.63, 3.8) is 0 Å². The van der Waals surface area contributed by atoms with Crippen LogP contribution in [0, 0.1) is 0 Å². The van der Waals surface area contributed by atoms with Crippen LogP contribution in [0.2, 0.25) is 0 Å². The first-order valence-electron chi connectivity index (χ1n) is 4.54. The van der Waals surface area contributed by atoms with Gasteiger partial charge in [0, 0.05) is 0 Å². The van der Waals surface area contributed by atoms with E-state index in [1.54, 1.807) is 6.34 Å². The van der Waals surface area contributed by atoms with Gasteiger partial charge in [-0.3, -0.25) is 9.79 Å². The second-order valence-corrected chi connectivity index (χ2v) is 3.41. The zero-order valence-electron chi connectivity index (χ0n) is 7.47. The molecule has 1 atom stereocenters. The van der Waals surface area contributed by atoms with Gasteiger partial charge in [0.25, 0.3) is 0 Å². The van der Waals surface area contributed by atoms with E-state index in [1.807, 2.05) is 29.2 Å². The molecule has 0 saturated carbocycles. The lowest BCUT2D eigenvalue weighted by molar-refractivity contribution is -0.117. The van der Waals surface area contributed by atoms with Crippen LogP contribution in [0.4, 0.5) is 11.4 Å². The maximum absolute atomic E-state index is 11.6. The van der Waals surface area contributed by atoms with Gasteiger partial charge in [-0.1, -0.05) is 12.1 Å². The number of anilines is 2. The third-order valence-corrected chi connectivity index (χ3v) is 2.56. The molecular weight excluding hydrogens is 178 g/mol. The molecule has 0 radical (unpaired) electrons. The minimum atomic E-state index is -0.148. The number of fused-ring (bicyclic) bond motifs is 3. The van der Waals surface area contributed by atoms with E-state index in [-0.39, 0.29) is 11.9 Å². The highest BCUT2D eigenvalue weighted by Gasteiger charge is 2.34. The molecular formula is C10H9N3O. The van der Waals surface area contributed by atoms with Gasteiger partial charge >= 0.3 is 0 Å². The third kappa shape index (κ3) is 0.878. The third-order valence-electron chi connectivity index (χ3n) is 2.56. The normalized spacial score (nSPS) is 23.0. The van der Waals surface area contributed by atoms with Gasteiger partial charge in [-0.05, 0) is 12.1 Å². The van der Waals surface area contributed by atoms with Crippen LogP contribution in [0.15, 0.2) is 29.3 Å². The number of aliphatic imine (C=N–C) groups is 1. The Hall–Kier alpha value is -1.84. The minimum absolute atomic E-state index is 0.0289. The summed E-state index contributed by atoms with van der Waals surface area (Å²) >= 11 is 0. The summed E-state index contributed by atoms with van der Waals surface area (Å²) in [5.41, 5.74) is 1.89. The Morgan fingerprint density at radius 1 is 1.43 bits per heavy atom. The molecule has 4 heteroatoms. The number of carbonyl (C=O) groups is 1. The SMILES string of the molecule is O=C1Nc2ccccc2N2C=NCC12. The van der Waals surface area contributed by atoms with E-state index in [2.05, 4.69) is 10.3 Å². The number of carbonyl (C=O) groups excluding carboxylic acids is 1. The molecule has 0 aliphatic carbocycles. The Labute approximate surface area is 81.2 Å². The van der Waals surface area contributed by atoms with Crippen molar-refractivity contribution < 1.29 is 4.79 Å². The largest absolute Gasteiger partial charge is 0.322 e. The van der Waals surface area contributed by atoms with Crippen LogP contribution >= 0.6 is 0 Å². The molecule has 70 valence electrons. The van der Waals surface area contributed by atoms with Crippen LogP contribution in [0.25, 0.3) is 0 Å². The van der Waals surface area contributed by atoms with Gasteiger partial charge in [-0.15, -0.1) is 0 Å². The predicted octanol–water partition coefficient (Wildman–Crippen LogP) is 0.856. The number of nitrogens with one attached hydrogen (secondary N) is 1. The van der Waals surface area contributed by atoms with Gasteiger partial charge in [0.2, 0.25) is 5.91 Å². The van der Waals surface area contributed by atoms with Crippen LogP contribution in [0.3, 0.4) is 0 Å². The zero-order valence-corrected chi connectivity index (χ0v) is 7.47. The fourth-order valence-electron chi connectivity index (χ4n) is 1.86. The number of nitrogens with zero attached hydrogens (tertiary/aromatic N) is 2. The van der Waals surface area contributed by atoms with Crippen molar-refractivity contribution in [3.05, 3.63) is 24.3 Å². The van der Waals surface area contributed by atoms with E-state index in [1.165, 1.54) is 0 Å². The molecule has 1 aromatic carbocycles. The average Bonchev–Trinajstić information content (AvgIpc) is 2.67. The predicted molar refractivity (Wildman–Crippen MR) is 54.7 cm³/mol. The van der Waals surface area contributed by atoms with E-state index in [9.17, 15) is 4.79 Å². The molecule has 1 N–H and O–H groups in total. The van der Waals surface area contributed by atoms with Crippen LogP contribution in [0.5, 0.6) is 0 Å². The van der Waals surface area contributed by atoms with Crippen molar-refractivity contribution in [2.45, 2.75) is 6.04 Å². The first-order valence-corrected chi connectivity index (χ1v) is 4.54. The van der Waals surface area contributed by atoms with Crippen molar-refractivity contribution in [1.29, 1.82) is 0 Å². The maximum atomic E-state index is 11.6. The van der Waals surface area contributed by atoms with Gasteiger partial charge in [0.1, 0.15) is 6.04 Å². The molecule has 2 heterocycles. The van der Waals surface area contributed by atoms with E-state index in [0.717, 1.165) is 11.4 Å². The van der Waals surface area contributed by atoms with Crippen molar-refractivity contribution in [3.8, 4) is 0 Å². The molecule has 1 aromatic rings. The Balaban J connectivity index is 2.15. The summed E-state index contributed by atoms with van der Waals surface area (Å²) < 4.78 is 0. The molecule has 1 unspecified atom stereocenters. The molecule has 2 aliphatic heterocycles. The molecule has 14 heavy (non-hydrogen) atoms. The number of benzene rings is 1. The summed E-state index contributed by atoms with van der Waals surface area (Å²) in [7, 11) is 0. The first kappa shape index (κ1) is 7.55. The van der Waals surface area contributed by atoms with Gasteiger partial charge < -0.3 is 10.2 Å². The van der Waals surface area contributed by atoms with Crippen LogP contribution < -0.4 is 10.2 Å². The summed E-state index contributed by atoms with van der Waals surface area (Å²) in [5.74, 6) is 0.0289. The standard InChI is InChI=1S/C10H9N3O/c14-10-9-5-11-6-13(9)8-4-2-1-3-7(8)12-10/h1-4,6,9H,5H2,(H,12,14). The number of hydrogen-bond donors (Lipinski definition) is 1. The molecule has 1 amide bonds. The second-order valence-electron chi connectivity index (χ2n) is 3.41. The number of amides is 1. The van der Waals surface area contributed by atoms with Crippen molar-refractivity contribution >= 4 is 23.6 Å². The number of hydrogen-bond acceptors (Lipinski definition) is 3. The summed E-state index contributed by atoms with van der Waals surface area (Å²) in [4.78, 5) is 17.6. The van der Waals surface area contributed by atoms with Gasteiger partial charge in [0.05, 0.1) is 24.3 Å². The zero-order chi connectivity index (χ0) is 9.54. The molecule has 0 fully saturated rings. The van der Waals surface area contributed by atoms with Crippen LogP contribution in [-0.2, 0) is 4.79 Å². The Morgan fingerprint density at radius 2 is 2.29 bits per heavy atom. The lowest BCUT2D eigenvalue weighted by Crippen LogP contribution is -2.45. The summed E-state index contributed by atoms with van der Waals surface area (Å²) in [5, 5.41) is 2.87. The smallest absolute Gasteiger partial charge is 0.249 e. The average molecular weight is 187 g/mol. The Bertz CT molecular complexity index is 427. The maximum Gasteiger partial charge on any atom is 0.249 e. The highest BCUT2D eigenvalue weighted by atomic mass is 16.2. The van der Waals surface area contributed by atoms with Crippen molar-refractivity contribution in [1.82, 2.24) is 0 Å². The Morgan fingerprint density at radius 3 is 3.21 bits per heavy atom. The number of rotatable bonds is 0. The first-order chi connectivity index (χ1) is 6.86. The van der Waals surface area contributed by atoms with E-state index in [4.69, 9.17) is 0 Å². The molecule has 0 saturated heterocycles. The van der Waals surface area contributed by atoms with Crippen molar-refractivity contribution in [2.75, 3.05) is 16.8 Å². The van der Waals surface area contributed by atoms with Crippen LogP contribution in [-0.4, -0.2) is 24.8 Å². The van der Waals surface area contributed by atoms with Gasteiger partial charge in [0.15, 0.2) is 0 Å². The number of para-hydroxylation sites is 2. The highest BCUT2D eigenvalue weighted by Crippen LogP contribution is 2.32. The van der Waals surface area contributed by atoms with Gasteiger partial charge in [-0.25, -0.2) is 0 Å². The minimum Gasteiger partial charge on any atom is -0.322 e. The van der Waals surface area contributed by atoms with Gasteiger partial charge in [-0.2, -0.15) is 0 Å². The quantitative estimate of drug-likeness (QED) is 0.654. The van der Waals surface area contributed by atoms with E-state index < -0.39 is 0 Å². The molecule has 2 aliphatic rings. The fourth-order valence-corrected chi connectivity index (χ4v) is 1.86.